The standard InChI is InChI=1S/C12H16O4/c1-8-4-5-10(15-2)6-9(13)7-11(8)12(14)16-3/h4-6,8,11H,7H2,1-3H3/b5-4-,10-6+/t8-,11+/m1/s1. The topological polar surface area (TPSA) is 52.6 Å². The first-order valence-electron chi connectivity index (χ1n) is 5.13. The molecule has 0 unspecified atom stereocenters. The molecule has 0 spiro atoms. The van der Waals surface area contributed by atoms with E-state index in [1.54, 1.807) is 6.08 Å². The zero-order chi connectivity index (χ0) is 12.1. The average molecular weight is 224 g/mol. The van der Waals surface area contributed by atoms with E-state index in [0.717, 1.165) is 0 Å². The molecular weight excluding hydrogens is 208 g/mol. The van der Waals surface area contributed by atoms with E-state index >= 15 is 0 Å². The van der Waals surface area contributed by atoms with Crippen LogP contribution in [0.3, 0.4) is 0 Å². The maximum absolute atomic E-state index is 11.6. The van der Waals surface area contributed by atoms with Crippen LogP contribution >= 0.6 is 0 Å². The molecular formula is C12H16O4. The fourth-order valence-corrected chi connectivity index (χ4v) is 1.63. The van der Waals surface area contributed by atoms with Crippen LogP contribution in [0.15, 0.2) is 24.0 Å². The number of methoxy groups -OCH3 is 2. The number of carbonyl (C=O) groups excluding carboxylic acids is 2. The first-order valence-corrected chi connectivity index (χ1v) is 5.13. The molecule has 0 saturated heterocycles. The van der Waals surface area contributed by atoms with Gasteiger partial charge < -0.3 is 9.47 Å². The molecule has 0 aromatic rings. The Morgan fingerprint density at radius 3 is 2.69 bits per heavy atom. The van der Waals surface area contributed by atoms with Gasteiger partial charge >= 0.3 is 5.97 Å². The summed E-state index contributed by atoms with van der Waals surface area (Å²) in [6, 6.07) is 0. The number of hydrogen-bond donors (Lipinski definition) is 0. The summed E-state index contributed by atoms with van der Waals surface area (Å²) in [4.78, 5) is 23.1. The Morgan fingerprint density at radius 2 is 2.12 bits per heavy atom. The Labute approximate surface area is 94.9 Å². The molecule has 0 radical (unpaired) electrons. The van der Waals surface area contributed by atoms with Crippen LogP contribution in [0.4, 0.5) is 0 Å². The lowest BCUT2D eigenvalue weighted by atomic mass is 9.87. The lowest BCUT2D eigenvalue weighted by Gasteiger charge is -2.19. The normalized spacial score (nSPS) is 30.7. The van der Waals surface area contributed by atoms with E-state index in [0.29, 0.717) is 5.76 Å². The summed E-state index contributed by atoms with van der Waals surface area (Å²) in [6.07, 6.45) is 5.12. The largest absolute Gasteiger partial charge is 0.497 e. The summed E-state index contributed by atoms with van der Waals surface area (Å²) < 4.78 is 9.69. The Balaban J connectivity index is 2.91. The molecule has 0 fully saturated rings. The Hall–Kier alpha value is -1.58. The van der Waals surface area contributed by atoms with Gasteiger partial charge in [0.15, 0.2) is 5.78 Å². The molecule has 0 saturated carbocycles. The van der Waals surface area contributed by atoms with Crippen molar-refractivity contribution in [3.05, 3.63) is 24.0 Å². The van der Waals surface area contributed by atoms with Gasteiger partial charge in [-0.1, -0.05) is 13.0 Å². The second-order valence-corrected chi connectivity index (χ2v) is 3.77. The quantitative estimate of drug-likeness (QED) is 0.666. The Morgan fingerprint density at radius 1 is 1.44 bits per heavy atom. The van der Waals surface area contributed by atoms with Gasteiger partial charge in [0.1, 0.15) is 5.76 Å². The zero-order valence-electron chi connectivity index (χ0n) is 9.73. The van der Waals surface area contributed by atoms with Crippen molar-refractivity contribution in [2.24, 2.45) is 11.8 Å². The van der Waals surface area contributed by atoms with Gasteiger partial charge in [0.25, 0.3) is 0 Å². The maximum Gasteiger partial charge on any atom is 0.309 e. The van der Waals surface area contributed by atoms with E-state index in [4.69, 9.17) is 4.74 Å². The van der Waals surface area contributed by atoms with E-state index in [2.05, 4.69) is 4.74 Å². The summed E-state index contributed by atoms with van der Waals surface area (Å²) in [5.74, 6) is -0.415. The van der Waals surface area contributed by atoms with Crippen LogP contribution in [0.5, 0.6) is 0 Å². The van der Waals surface area contributed by atoms with Gasteiger partial charge in [0.05, 0.1) is 20.1 Å². The fourth-order valence-electron chi connectivity index (χ4n) is 1.63. The summed E-state index contributed by atoms with van der Waals surface area (Å²) >= 11 is 0. The number of allylic oxidation sites excluding steroid dienone is 3. The van der Waals surface area contributed by atoms with Crippen LogP contribution in [0.2, 0.25) is 0 Å². The molecule has 0 amide bonds. The third kappa shape index (κ3) is 2.95. The lowest BCUT2D eigenvalue weighted by molar-refractivity contribution is -0.148. The van der Waals surface area contributed by atoms with Crippen molar-refractivity contribution >= 4 is 11.8 Å². The molecule has 0 aliphatic heterocycles. The van der Waals surface area contributed by atoms with Crippen LogP contribution in [0, 0.1) is 11.8 Å². The lowest BCUT2D eigenvalue weighted by Crippen LogP contribution is -2.25. The van der Waals surface area contributed by atoms with Crippen LogP contribution in [-0.2, 0) is 19.1 Å². The van der Waals surface area contributed by atoms with Crippen molar-refractivity contribution in [3.8, 4) is 0 Å². The molecule has 4 heteroatoms. The highest BCUT2D eigenvalue weighted by Crippen LogP contribution is 2.22. The monoisotopic (exact) mass is 224 g/mol. The second kappa shape index (κ2) is 5.49. The molecule has 0 bridgehead atoms. The highest BCUT2D eigenvalue weighted by Gasteiger charge is 2.27. The number of hydrogen-bond acceptors (Lipinski definition) is 4. The molecule has 0 N–H and O–H groups in total. The van der Waals surface area contributed by atoms with Crippen molar-refractivity contribution in [2.75, 3.05) is 14.2 Å². The minimum absolute atomic E-state index is 0.0461. The van der Waals surface area contributed by atoms with Gasteiger partial charge in [-0.3, -0.25) is 9.59 Å². The minimum atomic E-state index is -0.414. The van der Waals surface area contributed by atoms with E-state index in [9.17, 15) is 9.59 Å². The van der Waals surface area contributed by atoms with Gasteiger partial charge in [-0.2, -0.15) is 0 Å². The van der Waals surface area contributed by atoms with Crippen LogP contribution in [0.25, 0.3) is 0 Å². The predicted octanol–water partition coefficient (Wildman–Crippen LogP) is 1.47. The van der Waals surface area contributed by atoms with E-state index < -0.39 is 5.92 Å². The summed E-state index contributed by atoms with van der Waals surface area (Å²) in [7, 11) is 2.84. The SMILES string of the molecule is COC(=O)[C@H]1CC(=O)/C=C(OC)\C=C/[C@H]1C. The van der Waals surface area contributed by atoms with Crippen molar-refractivity contribution in [1.29, 1.82) is 0 Å². The molecule has 0 aromatic heterocycles. The molecule has 0 heterocycles. The average Bonchev–Trinajstić information content (AvgIpc) is 2.28. The minimum Gasteiger partial charge on any atom is -0.497 e. The van der Waals surface area contributed by atoms with E-state index in [-0.39, 0.29) is 24.1 Å². The molecule has 4 nitrogen and oxygen atoms in total. The highest BCUT2D eigenvalue weighted by molar-refractivity contribution is 5.93. The van der Waals surface area contributed by atoms with E-state index in [1.807, 2.05) is 13.0 Å². The van der Waals surface area contributed by atoms with Crippen LogP contribution in [0.1, 0.15) is 13.3 Å². The van der Waals surface area contributed by atoms with E-state index in [1.165, 1.54) is 20.3 Å². The summed E-state index contributed by atoms with van der Waals surface area (Å²) in [6.45, 7) is 1.88. The Kier molecular flexibility index (Phi) is 4.28. The molecule has 1 aliphatic rings. The second-order valence-electron chi connectivity index (χ2n) is 3.77. The fraction of sp³-hybridized carbons (Fsp3) is 0.500. The predicted molar refractivity (Wildman–Crippen MR) is 58.5 cm³/mol. The van der Waals surface area contributed by atoms with Crippen molar-refractivity contribution < 1.29 is 19.1 Å². The van der Waals surface area contributed by atoms with Crippen LogP contribution < -0.4 is 0 Å². The number of carbonyl (C=O) groups is 2. The molecule has 1 aliphatic carbocycles. The molecule has 1 rings (SSSR count). The van der Waals surface area contributed by atoms with Crippen molar-refractivity contribution in [3.63, 3.8) is 0 Å². The number of ketones is 1. The summed E-state index contributed by atoms with van der Waals surface area (Å²) in [5.41, 5.74) is 0. The van der Waals surface area contributed by atoms with Gasteiger partial charge in [0, 0.05) is 12.5 Å². The number of ether oxygens (including phenoxy) is 2. The first kappa shape index (κ1) is 12.5. The van der Waals surface area contributed by atoms with Crippen molar-refractivity contribution in [1.82, 2.24) is 0 Å². The summed E-state index contributed by atoms with van der Waals surface area (Å²) in [5, 5.41) is 0. The molecule has 2 atom stereocenters. The Bertz CT molecular complexity index is 341. The molecule has 88 valence electrons. The number of rotatable bonds is 2. The molecule has 16 heavy (non-hydrogen) atoms. The molecule has 0 aromatic carbocycles. The van der Waals surface area contributed by atoms with Gasteiger partial charge in [-0.25, -0.2) is 0 Å². The van der Waals surface area contributed by atoms with Gasteiger partial charge in [-0.15, -0.1) is 0 Å². The third-order valence-corrected chi connectivity index (χ3v) is 2.66. The van der Waals surface area contributed by atoms with Crippen LogP contribution in [-0.4, -0.2) is 26.0 Å². The maximum atomic E-state index is 11.6. The van der Waals surface area contributed by atoms with Crippen molar-refractivity contribution in [2.45, 2.75) is 13.3 Å². The van der Waals surface area contributed by atoms with Gasteiger partial charge in [0.2, 0.25) is 0 Å². The third-order valence-electron chi connectivity index (χ3n) is 2.66. The number of esters is 1. The zero-order valence-corrected chi connectivity index (χ0v) is 9.73. The first-order chi connectivity index (χ1) is 7.58. The highest BCUT2D eigenvalue weighted by atomic mass is 16.5. The smallest absolute Gasteiger partial charge is 0.309 e. The van der Waals surface area contributed by atoms with Gasteiger partial charge in [-0.05, 0) is 12.0 Å².